The van der Waals surface area contributed by atoms with Gasteiger partial charge in [-0.05, 0) is 24.9 Å². The Bertz CT molecular complexity index is 455. The number of halogens is 3. The molecule has 1 rings (SSSR count). The third kappa shape index (κ3) is 9.89. The molecule has 23 heavy (non-hydrogen) atoms. The van der Waals surface area contributed by atoms with Gasteiger partial charge in [0, 0.05) is 0 Å². The third-order valence-corrected chi connectivity index (χ3v) is 3.19. The second-order valence-electron chi connectivity index (χ2n) is 4.88. The van der Waals surface area contributed by atoms with E-state index in [0.29, 0.717) is 13.1 Å². The lowest BCUT2D eigenvalue weighted by Gasteiger charge is -2.22. The molecule has 0 saturated heterocycles. The van der Waals surface area contributed by atoms with Gasteiger partial charge in [-0.2, -0.15) is 5.06 Å². The normalized spacial score (nSPS) is 11.3. The summed E-state index contributed by atoms with van der Waals surface area (Å²) < 4.78 is 3.30. The topological polar surface area (TPSA) is 64.8 Å². The highest BCUT2D eigenvalue weighted by atomic mass is 35.6. The molecule has 8 heteroatoms. The van der Waals surface area contributed by atoms with E-state index in [1.54, 1.807) is 0 Å². The Labute approximate surface area is 151 Å². The average Bonchev–Trinajstić information content (AvgIpc) is 2.52. The highest BCUT2D eigenvalue weighted by molar-refractivity contribution is 6.67. The van der Waals surface area contributed by atoms with Gasteiger partial charge in [-0.3, -0.25) is 4.84 Å². The highest BCUT2D eigenvalue weighted by Crippen LogP contribution is 2.26. The molecule has 0 aliphatic heterocycles. The molecule has 0 spiro atoms. The van der Waals surface area contributed by atoms with Crippen LogP contribution >= 0.6 is 34.8 Å². The Hall–Kier alpha value is -0.720. The second-order valence-corrected chi connectivity index (χ2v) is 7.40. The number of ether oxygens (including phenoxy) is 1. The number of benzene rings is 1. The predicted octanol–water partition coefficient (Wildman–Crippen LogP) is 4.06. The number of rotatable bonds is 9. The van der Waals surface area contributed by atoms with Gasteiger partial charge < -0.3 is 10.5 Å². The molecular weight excluding hydrogens is 363 g/mol. The number of nitrogens with zero attached hydrogens (tertiary/aromatic N) is 1. The monoisotopic (exact) mass is 382 g/mol. The molecule has 130 valence electrons. The van der Waals surface area contributed by atoms with Gasteiger partial charge in [0.05, 0.1) is 6.54 Å². The number of carbonyl (C=O) groups excluding carboxylic acids is 1. The fourth-order valence-electron chi connectivity index (χ4n) is 1.73. The Morgan fingerprint density at radius 3 is 2.43 bits per heavy atom. The van der Waals surface area contributed by atoms with Crippen molar-refractivity contribution in [2.24, 2.45) is 5.73 Å². The first-order chi connectivity index (χ1) is 10.9. The van der Waals surface area contributed by atoms with Gasteiger partial charge in [0.1, 0.15) is 13.2 Å². The number of hydroxylamine groups is 2. The molecule has 0 bridgehead atoms. The summed E-state index contributed by atoms with van der Waals surface area (Å²) in [5.74, 6) is 0. The summed E-state index contributed by atoms with van der Waals surface area (Å²) in [5.41, 5.74) is 6.39. The minimum Gasteiger partial charge on any atom is -0.443 e. The SMILES string of the molecule is NCCCCCN(OCc1ccccc1)C(=O)OCC(Cl)(Cl)Cl. The zero-order chi connectivity index (χ0) is 17.1. The summed E-state index contributed by atoms with van der Waals surface area (Å²) in [6.07, 6.45) is 1.84. The quantitative estimate of drug-likeness (QED) is 0.397. The van der Waals surface area contributed by atoms with Crippen LogP contribution in [0.1, 0.15) is 24.8 Å². The maximum atomic E-state index is 12.1. The lowest BCUT2D eigenvalue weighted by atomic mass is 10.2. The molecular formula is C15H21Cl3N2O3. The molecule has 0 aliphatic rings. The molecule has 0 aromatic heterocycles. The van der Waals surface area contributed by atoms with E-state index in [1.807, 2.05) is 30.3 Å². The zero-order valence-electron chi connectivity index (χ0n) is 12.7. The maximum absolute atomic E-state index is 12.1. The van der Waals surface area contributed by atoms with Crippen molar-refractivity contribution in [2.45, 2.75) is 29.7 Å². The lowest BCUT2D eigenvalue weighted by Crippen LogP contribution is -2.34. The number of amides is 1. The van der Waals surface area contributed by atoms with Crippen LogP contribution in [0.15, 0.2) is 30.3 Å². The van der Waals surface area contributed by atoms with E-state index in [4.69, 9.17) is 50.1 Å². The fraction of sp³-hybridized carbons (Fsp3) is 0.533. The van der Waals surface area contributed by atoms with E-state index in [0.717, 1.165) is 29.9 Å². The largest absolute Gasteiger partial charge is 0.443 e. The van der Waals surface area contributed by atoms with E-state index in [-0.39, 0.29) is 13.2 Å². The van der Waals surface area contributed by atoms with Gasteiger partial charge in [0.25, 0.3) is 0 Å². The molecule has 2 N–H and O–H groups in total. The van der Waals surface area contributed by atoms with Crippen LogP contribution in [0.3, 0.4) is 0 Å². The Morgan fingerprint density at radius 2 is 1.83 bits per heavy atom. The van der Waals surface area contributed by atoms with Crippen molar-refractivity contribution >= 4 is 40.9 Å². The van der Waals surface area contributed by atoms with Gasteiger partial charge in [0.2, 0.25) is 3.79 Å². The summed E-state index contributed by atoms with van der Waals surface area (Å²) in [6, 6.07) is 9.50. The van der Waals surface area contributed by atoms with Crippen molar-refractivity contribution in [3.05, 3.63) is 35.9 Å². The van der Waals surface area contributed by atoms with Crippen LogP contribution in [-0.2, 0) is 16.2 Å². The molecule has 0 unspecified atom stereocenters. The summed E-state index contributed by atoms with van der Waals surface area (Å²) >= 11 is 16.7. The molecule has 0 aliphatic carbocycles. The Kier molecular flexibility index (Phi) is 9.67. The molecule has 1 amide bonds. The van der Waals surface area contributed by atoms with Gasteiger partial charge in [0.15, 0.2) is 0 Å². The first kappa shape index (κ1) is 20.3. The van der Waals surface area contributed by atoms with Crippen molar-refractivity contribution < 1.29 is 14.4 Å². The molecule has 0 radical (unpaired) electrons. The average molecular weight is 384 g/mol. The molecule has 1 aromatic carbocycles. The van der Waals surface area contributed by atoms with Crippen molar-refractivity contribution in [1.82, 2.24) is 5.06 Å². The number of hydrogen-bond donors (Lipinski definition) is 1. The molecule has 0 atom stereocenters. The van der Waals surface area contributed by atoms with Crippen LogP contribution in [0.25, 0.3) is 0 Å². The summed E-state index contributed by atoms with van der Waals surface area (Å²) in [4.78, 5) is 17.6. The van der Waals surface area contributed by atoms with E-state index in [2.05, 4.69) is 0 Å². The smallest absolute Gasteiger partial charge is 0.434 e. The summed E-state index contributed by atoms with van der Waals surface area (Å²) in [7, 11) is 0. The molecule has 0 saturated carbocycles. The molecule has 5 nitrogen and oxygen atoms in total. The number of hydrogen-bond acceptors (Lipinski definition) is 4. The zero-order valence-corrected chi connectivity index (χ0v) is 15.0. The van der Waals surface area contributed by atoms with Crippen molar-refractivity contribution in [2.75, 3.05) is 19.7 Å². The van der Waals surface area contributed by atoms with E-state index >= 15 is 0 Å². The second kappa shape index (κ2) is 10.9. The van der Waals surface area contributed by atoms with Gasteiger partial charge in [-0.1, -0.05) is 71.6 Å². The van der Waals surface area contributed by atoms with E-state index < -0.39 is 9.89 Å². The first-order valence-electron chi connectivity index (χ1n) is 7.30. The summed E-state index contributed by atoms with van der Waals surface area (Å²) in [5, 5.41) is 1.15. The molecule has 0 fully saturated rings. The lowest BCUT2D eigenvalue weighted by molar-refractivity contribution is -0.147. The molecule has 1 aromatic rings. The molecule has 0 heterocycles. The van der Waals surface area contributed by atoms with Gasteiger partial charge in [-0.25, -0.2) is 4.79 Å². The number of unbranched alkanes of at least 4 members (excludes halogenated alkanes) is 2. The fourth-order valence-corrected chi connectivity index (χ4v) is 1.89. The highest BCUT2D eigenvalue weighted by Gasteiger charge is 2.25. The van der Waals surface area contributed by atoms with Crippen LogP contribution in [-0.4, -0.2) is 34.6 Å². The van der Waals surface area contributed by atoms with Crippen molar-refractivity contribution in [1.29, 1.82) is 0 Å². The standard InChI is InChI=1S/C15H21Cl3N2O3/c16-15(17,18)12-22-14(21)20(10-6-2-5-9-19)23-11-13-7-3-1-4-8-13/h1,3-4,7-8H,2,5-6,9-12,19H2. The van der Waals surface area contributed by atoms with Crippen molar-refractivity contribution in [3.8, 4) is 0 Å². The van der Waals surface area contributed by atoms with Crippen LogP contribution in [0.4, 0.5) is 4.79 Å². The minimum atomic E-state index is -1.65. The maximum Gasteiger partial charge on any atom is 0.434 e. The number of carbonyl (C=O) groups is 1. The number of alkyl halides is 3. The van der Waals surface area contributed by atoms with E-state index in [1.165, 1.54) is 0 Å². The Balaban J connectivity index is 2.51. The Morgan fingerprint density at radius 1 is 1.13 bits per heavy atom. The van der Waals surface area contributed by atoms with Crippen LogP contribution < -0.4 is 5.73 Å². The van der Waals surface area contributed by atoms with Crippen molar-refractivity contribution in [3.63, 3.8) is 0 Å². The van der Waals surface area contributed by atoms with Gasteiger partial charge >= 0.3 is 6.09 Å². The van der Waals surface area contributed by atoms with E-state index in [9.17, 15) is 4.79 Å². The van der Waals surface area contributed by atoms with Crippen LogP contribution in [0.2, 0.25) is 0 Å². The predicted molar refractivity (Wildman–Crippen MR) is 92.5 cm³/mol. The van der Waals surface area contributed by atoms with Gasteiger partial charge in [-0.15, -0.1) is 0 Å². The van der Waals surface area contributed by atoms with Crippen LogP contribution in [0.5, 0.6) is 0 Å². The minimum absolute atomic E-state index is 0.251. The third-order valence-electron chi connectivity index (χ3n) is 2.86. The summed E-state index contributed by atoms with van der Waals surface area (Å²) in [6.45, 7) is 0.902. The van der Waals surface area contributed by atoms with Crippen LogP contribution in [0, 0.1) is 0 Å². The number of nitrogens with two attached hydrogens (primary N) is 1. The first-order valence-corrected chi connectivity index (χ1v) is 8.43.